The molecule has 19 heavy (non-hydrogen) atoms. The molecule has 100 valence electrons. The van der Waals surface area contributed by atoms with E-state index in [1.54, 1.807) is 6.20 Å². The lowest BCUT2D eigenvalue weighted by Gasteiger charge is -2.12. The average molecular weight is 260 g/mol. The number of carboxylic acid groups (broad SMARTS) is 1. The zero-order chi connectivity index (χ0) is 14.0. The predicted octanol–water partition coefficient (Wildman–Crippen LogP) is 1.61. The molecule has 0 fully saturated rings. The second kappa shape index (κ2) is 5.14. The molecule has 0 saturated carbocycles. The number of carboxylic acids is 1. The number of carbonyl (C=O) groups is 2. The van der Waals surface area contributed by atoms with E-state index in [1.807, 2.05) is 25.1 Å². The van der Waals surface area contributed by atoms with Crippen LogP contribution in [-0.4, -0.2) is 28.0 Å². The van der Waals surface area contributed by atoms with Gasteiger partial charge in [-0.1, -0.05) is 12.1 Å². The Morgan fingerprint density at radius 3 is 2.79 bits per heavy atom. The maximum atomic E-state index is 11.1. The summed E-state index contributed by atoms with van der Waals surface area (Å²) in [7, 11) is 0. The lowest BCUT2D eigenvalue weighted by atomic mass is 10.0. The third-order valence-electron chi connectivity index (χ3n) is 3.02. The van der Waals surface area contributed by atoms with Crippen LogP contribution in [0.15, 0.2) is 24.4 Å². The van der Waals surface area contributed by atoms with Gasteiger partial charge in [-0.2, -0.15) is 0 Å². The van der Waals surface area contributed by atoms with E-state index in [4.69, 9.17) is 5.11 Å². The van der Waals surface area contributed by atoms with Crippen molar-refractivity contribution >= 4 is 22.8 Å². The molecule has 2 aromatic rings. The molecule has 5 heteroatoms. The van der Waals surface area contributed by atoms with Gasteiger partial charge >= 0.3 is 5.97 Å². The third kappa shape index (κ3) is 2.93. The van der Waals surface area contributed by atoms with Crippen LogP contribution in [-0.2, 0) is 16.0 Å². The molecule has 1 aromatic heterocycles. The minimum atomic E-state index is -1.03. The van der Waals surface area contributed by atoms with Gasteiger partial charge in [0.15, 0.2) is 0 Å². The smallest absolute Gasteiger partial charge is 0.326 e. The largest absolute Gasteiger partial charge is 0.480 e. The molecule has 0 radical (unpaired) electrons. The Balaban J connectivity index is 2.28. The molecule has 5 nitrogen and oxygen atoms in total. The first kappa shape index (κ1) is 13.1. The van der Waals surface area contributed by atoms with Crippen LogP contribution >= 0.6 is 0 Å². The highest BCUT2D eigenvalue weighted by Gasteiger charge is 2.20. The highest BCUT2D eigenvalue weighted by molar-refractivity contribution is 5.86. The standard InChI is InChI=1S/C14H16N2O3/c1-8-3-4-11-10(7-15-12(11)5-8)6-13(14(18)19)16-9(2)17/h3-5,7,13,15H,6H2,1-2H3,(H,16,17)(H,18,19)/t13-/m0/s1. The Labute approximate surface area is 110 Å². The number of aryl methyl sites for hydroxylation is 1. The van der Waals surface area contributed by atoms with E-state index < -0.39 is 12.0 Å². The summed E-state index contributed by atoms with van der Waals surface area (Å²) in [4.78, 5) is 25.3. The van der Waals surface area contributed by atoms with Crippen molar-refractivity contribution in [1.82, 2.24) is 10.3 Å². The van der Waals surface area contributed by atoms with Crippen LogP contribution in [0.4, 0.5) is 0 Å². The Kier molecular flexibility index (Phi) is 3.55. The number of fused-ring (bicyclic) bond motifs is 1. The van der Waals surface area contributed by atoms with Crippen molar-refractivity contribution in [2.24, 2.45) is 0 Å². The molecule has 0 saturated heterocycles. The number of rotatable bonds is 4. The molecule has 3 N–H and O–H groups in total. The maximum Gasteiger partial charge on any atom is 0.326 e. The molecule has 1 aromatic carbocycles. The van der Waals surface area contributed by atoms with Crippen molar-refractivity contribution < 1.29 is 14.7 Å². The van der Waals surface area contributed by atoms with E-state index in [-0.39, 0.29) is 12.3 Å². The summed E-state index contributed by atoms with van der Waals surface area (Å²) in [6, 6.07) is 5.04. The summed E-state index contributed by atoms with van der Waals surface area (Å²) in [5.74, 6) is -1.38. The normalized spacial score (nSPS) is 12.3. The molecule has 0 aliphatic heterocycles. The number of amides is 1. The van der Waals surface area contributed by atoms with Gasteiger partial charge in [0.2, 0.25) is 5.91 Å². The number of benzene rings is 1. The fourth-order valence-corrected chi connectivity index (χ4v) is 2.13. The first-order valence-electron chi connectivity index (χ1n) is 6.04. The van der Waals surface area contributed by atoms with Crippen LogP contribution in [0, 0.1) is 6.92 Å². The van der Waals surface area contributed by atoms with Crippen molar-refractivity contribution in [2.45, 2.75) is 26.3 Å². The van der Waals surface area contributed by atoms with Crippen LogP contribution in [0.25, 0.3) is 10.9 Å². The first-order chi connectivity index (χ1) is 8.97. The quantitative estimate of drug-likeness (QED) is 0.781. The number of aliphatic carboxylic acids is 1. The lowest BCUT2D eigenvalue weighted by Crippen LogP contribution is -2.41. The topological polar surface area (TPSA) is 82.2 Å². The average Bonchev–Trinajstić information content (AvgIpc) is 2.70. The summed E-state index contributed by atoms with van der Waals surface area (Å²) in [6.07, 6.45) is 2.06. The van der Waals surface area contributed by atoms with Gasteiger partial charge in [-0.3, -0.25) is 4.79 Å². The van der Waals surface area contributed by atoms with E-state index in [2.05, 4.69) is 10.3 Å². The van der Waals surface area contributed by atoms with Gasteiger partial charge in [0.25, 0.3) is 0 Å². The number of aromatic nitrogens is 1. The second-order valence-corrected chi connectivity index (χ2v) is 4.66. The molecule has 2 rings (SSSR count). The van der Waals surface area contributed by atoms with Gasteiger partial charge in [0.1, 0.15) is 6.04 Å². The number of aromatic amines is 1. The zero-order valence-electron chi connectivity index (χ0n) is 10.9. The fraction of sp³-hybridized carbons (Fsp3) is 0.286. The number of H-pyrrole nitrogens is 1. The summed E-state index contributed by atoms with van der Waals surface area (Å²) in [6.45, 7) is 3.31. The molecule has 1 amide bonds. The van der Waals surface area contributed by atoms with E-state index in [9.17, 15) is 9.59 Å². The summed E-state index contributed by atoms with van der Waals surface area (Å²) < 4.78 is 0. The minimum absolute atomic E-state index is 0.262. The van der Waals surface area contributed by atoms with E-state index in [0.717, 1.165) is 22.0 Å². The monoisotopic (exact) mass is 260 g/mol. The lowest BCUT2D eigenvalue weighted by molar-refractivity contribution is -0.141. The summed E-state index contributed by atoms with van der Waals surface area (Å²) in [5, 5.41) is 12.5. The zero-order valence-corrected chi connectivity index (χ0v) is 10.9. The summed E-state index contributed by atoms with van der Waals surface area (Å²) in [5.41, 5.74) is 3.00. The van der Waals surface area contributed by atoms with Crippen molar-refractivity contribution in [3.05, 3.63) is 35.5 Å². The fourth-order valence-electron chi connectivity index (χ4n) is 2.13. The van der Waals surface area contributed by atoms with Gasteiger partial charge in [-0.15, -0.1) is 0 Å². The van der Waals surface area contributed by atoms with Crippen molar-refractivity contribution in [3.8, 4) is 0 Å². The molecule has 0 aliphatic carbocycles. The third-order valence-corrected chi connectivity index (χ3v) is 3.02. The Morgan fingerprint density at radius 2 is 2.16 bits per heavy atom. The molecule has 0 bridgehead atoms. The van der Waals surface area contributed by atoms with Crippen molar-refractivity contribution in [3.63, 3.8) is 0 Å². The second-order valence-electron chi connectivity index (χ2n) is 4.66. The minimum Gasteiger partial charge on any atom is -0.480 e. The Hall–Kier alpha value is -2.30. The Morgan fingerprint density at radius 1 is 1.42 bits per heavy atom. The first-order valence-corrected chi connectivity index (χ1v) is 6.04. The van der Waals surface area contributed by atoms with Gasteiger partial charge in [0.05, 0.1) is 0 Å². The molecule has 0 spiro atoms. The predicted molar refractivity (Wildman–Crippen MR) is 72.0 cm³/mol. The molecule has 0 aliphatic rings. The van der Waals surface area contributed by atoms with E-state index in [1.165, 1.54) is 6.92 Å². The number of carbonyl (C=O) groups excluding carboxylic acids is 1. The van der Waals surface area contributed by atoms with Gasteiger partial charge < -0.3 is 15.4 Å². The molecular weight excluding hydrogens is 244 g/mol. The van der Waals surface area contributed by atoms with Gasteiger partial charge in [-0.25, -0.2) is 4.79 Å². The molecular formula is C14H16N2O3. The number of nitrogens with one attached hydrogen (secondary N) is 2. The highest BCUT2D eigenvalue weighted by Crippen LogP contribution is 2.20. The van der Waals surface area contributed by atoms with Crippen LogP contribution < -0.4 is 5.32 Å². The molecule has 1 atom stereocenters. The Bertz CT molecular complexity index is 631. The van der Waals surface area contributed by atoms with Crippen molar-refractivity contribution in [2.75, 3.05) is 0 Å². The maximum absolute atomic E-state index is 11.1. The van der Waals surface area contributed by atoms with Crippen molar-refractivity contribution in [1.29, 1.82) is 0 Å². The van der Waals surface area contributed by atoms with Crippen LogP contribution in [0.5, 0.6) is 0 Å². The number of hydrogen-bond donors (Lipinski definition) is 3. The highest BCUT2D eigenvalue weighted by atomic mass is 16.4. The SMILES string of the molecule is CC(=O)N[C@@H](Cc1c[nH]c2cc(C)ccc12)C(=O)O. The molecule has 1 heterocycles. The number of hydrogen-bond acceptors (Lipinski definition) is 2. The molecule has 0 unspecified atom stereocenters. The van der Waals surface area contributed by atoms with E-state index in [0.29, 0.717) is 0 Å². The van der Waals surface area contributed by atoms with Crippen LogP contribution in [0.2, 0.25) is 0 Å². The van der Waals surface area contributed by atoms with Gasteiger partial charge in [0, 0.05) is 30.4 Å². The van der Waals surface area contributed by atoms with Gasteiger partial charge in [-0.05, 0) is 24.1 Å². The van der Waals surface area contributed by atoms with Crippen LogP contribution in [0.1, 0.15) is 18.1 Å². The van der Waals surface area contributed by atoms with Crippen LogP contribution in [0.3, 0.4) is 0 Å². The summed E-state index contributed by atoms with van der Waals surface area (Å²) >= 11 is 0. The van der Waals surface area contributed by atoms with E-state index >= 15 is 0 Å².